The summed E-state index contributed by atoms with van der Waals surface area (Å²) >= 11 is 1.57. The van der Waals surface area contributed by atoms with E-state index in [-0.39, 0.29) is 5.82 Å². The topological polar surface area (TPSA) is 26.5 Å². The van der Waals surface area contributed by atoms with Crippen LogP contribution in [-0.4, -0.2) is 9.38 Å². The summed E-state index contributed by atoms with van der Waals surface area (Å²) in [6.45, 7) is 2.07. The van der Waals surface area contributed by atoms with Crippen LogP contribution in [0.4, 0.5) is 4.39 Å². The van der Waals surface area contributed by atoms with Crippen molar-refractivity contribution in [3.63, 3.8) is 0 Å². The molecular formula is C13H11FN2OS. The smallest absolute Gasteiger partial charge is 0.193 e. The summed E-state index contributed by atoms with van der Waals surface area (Å²) in [7, 11) is 0. The summed E-state index contributed by atoms with van der Waals surface area (Å²) in [5.74, 6) is 0.271. The largest absolute Gasteiger partial charge is 0.487 e. The first kappa shape index (κ1) is 11.2. The minimum atomic E-state index is -0.252. The van der Waals surface area contributed by atoms with Crippen molar-refractivity contribution in [3.8, 4) is 5.75 Å². The number of ether oxygens (including phenoxy) is 1. The van der Waals surface area contributed by atoms with E-state index in [2.05, 4.69) is 4.98 Å². The first-order chi connectivity index (χ1) is 8.72. The molecule has 5 heteroatoms. The van der Waals surface area contributed by atoms with Gasteiger partial charge in [-0.15, -0.1) is 11.3 Å². The van der Waals surface area contributed by atoms with Gasteiger partial charge in [0.05, 0.1) is 5.69 Å². The van der Waals surface area contributed by atoms with Crippen molar-refractivity contribution >= 4 is 16.3 Å². The Morgan fingerprint density at radius 3 is 3.11 bits per heavy atom. The Balaban J connectivity index is 1.73. The summed E-state index contributed by atoms with van der Waals surface area (Å²) in [5.41, 5.74) is 1.45. The highest BCUT2D eigenvalue weighted by molar-refractivity contribution is 7.15. The monoisotopic (exact) mass is 262 g/mol. The Hall–Kier alpha value is -1.88. The molecule has 0 aliphatic heterocycles. The lowest BCUT2D eigenvalue weighted by atomic mass is 10.2. The number of hydrogen-bond donors (Lipinski definition) is 0. The number of rotatable bonds is 3. The van der Waals surface area contributed by atoms with Gasteiger partial charge < -0.3 is 4.74 Å². The van der Waals surface area contributed by atoms with Crippen LogP contribution < -0.4 is 4.74 Å². The molecule has 0 radical (unpaired) electrons. The molecule has 2 aromatic heterocycles. The zero-order valence-corrected chi connectivity index (χ0v) is 10.6. The van der Waals surface area contributed by atoms with Gasteiger partial charge in [0.15, 0.2) is 4.96 Å². The number of hydrogen-bond acceptors (Lipinski definition) is 3. The van der Waals surface area contributed by atoms with Crippen LogP contribution in [0.2, 0.25) is 0 Å². The minimum absolute atomic E-state index is 0.252. The lowest BCUT2D eigenvalue weighted by molar-refractivity contribution is 0.300. The highest BCUT2D eigenvalue weighted by Gasteiger charge is 2.04. The van der Waals surface area contributed by atoms with Crippen molar-refractivity contribution < 1.29 is 9.13 Å². The fourth-order valence-electron chi connectivity index (χ4n) is 1.67. The fraction of sp³-hybridized carbons (Fsp3) is 0.154. The van der Waals surface area contributed by atoms with Gasteiger partial charge in [0, 0.05) is 23.8 Å². The molecule has 3 aromatic rings. The molecule has 0 atom stereocenters. The van der Waals surface area contributed by atoms with Crippen LogP contribution in [0.1, 0.15) is 11.3 Å². The molecule has 0 bridgehead atoms. The van der Waals surface area contributed by atoms with Crippen molar-refractivity contribution in [2.24, 2.45) is 0 Å². The van der Waals surface area contributed by atoms with Crippen LogP contribution in [0, 0.1) is 12.7 Å². The number of thiazole rings is 1. The van der Waals surface area contributed by atoms with E-state index in [1.54, 1.807) is 30.4 Å². The van der Waals surface area contributed by atoms with E-state index in [4.69, 9.17) is 4.74 Å². The molecule has 18 heavy (non-hydrogen) atoms. The average molecular weight is 262 g/mol. The molecule has 0 unspecified atom stereocenters. The standard InChI is InChI=1S/C13H11FN2OS/c1-9-2-3-11(6-12(9)14)17-8-10-7-16-4-5-18-13(16)15-10/h2-7H,8H2,1H3. The van der Waals surface area contributed by atoms with Crippen molar-refractivity contribution in [1.82, 2.24) is 9.38 Å². The molecule has 0 spiro atoms. The molecule has 3 nitrogen and oxygen atoms in total. The summed E-state index contributed by atoms with van der Waals surface area (Å²) in [6.07, 6.45) is 3.86. The van der Waals surface area contributed by atoms with Gasteiger partial charge in [-0.05, 0) is 18.6 Å². The first-order valence-corrected chi connectivity index (χ1v) is 6.40. The number of halogens is 1. The Morgan fingerprint density at radius 1 is 1.44 bits per heavy atom. The highest BCUT2D eigenvalue weighted by Crippen LogP contribution is 2.18. The summed E-state index contributed by atoms with van der Waals surface area (Å²) < 4.78 is 20.8. The number of aryl methyl sites for hydroxylation is 1. The third kappa shape index (κ3) is 2.09. The maximum Gasteiger partial charge on any atom is 0.193 e. The third-order valence-electron chi connectivity index (χ3n) is 2.67. The number of nitrogens with zero attached hydrogens (tertiary/aromatic N) is 2. The summed E-state index contributed by atoms with van der Waals surface area (Å²) in [5, 5.41) is 1.97. The van der Waals surface area contributed by atoms with E-state index in [0.29, 0.717) is 17.9 Å². The Morgan fingerprint density at radius 2 is 2.33 bits per heavy atom. The zero-order valence-electron chi connectivity index (χ0n) is 9.76. The first-order valence-electron chi connectivity index (χ1n) is 5.52. The van der Waals surface area contributed by atoms with Crippen molar-refractivity contribution in [2.75, 3.05) is 0 Å². The maximum absolute atomic E-state index is 13.3. The Bertz CT molecular complexity index is 661. The SMILES string of the molecule is Cc1ccc(OCc2cn3ccsc3n2)cc1F. The molecule has 1 aromatic carbocycles. The minimum Gasteiger partial charge on any atom is -0.487 e. The Labute approximate surface area is 107 Å². The zero-order chi connectivity index (χ0) is 12.5. The van der Waals surface area contributed by atoms with E-state index < -0.39 is 0 Å². The van der Waals surface area contributed by atoms with Crippen LogP contribution in [0.25, 0.3) is 4.96 Å². The number of benzene rings is 1. The second-order valence-electron chi connectivity index (χ2n) is 4.02. The third-order valence-corrected chi connectivity index (χ3v) is 3.44. The summed E-state index contributed by atoms with van der Waals surface area (Å²) in [6, 6.07) is 4.86. The van der Waals surface area contributed by atoms with Crippen molar-refractivity contribution in [3.05, 3.63) is 53.0 Å². The van der Waals surface area contributed by atoms with Crippen molar-refractivity contribution in [2.45, 2.75) is 13.5 Å². The van der Waals surface area contributed by atoms with Crippen LogP contribution in [0.3, 0.4) is 0 Å². The summed E-state index contributed by atoms with van der Waals surface area (Å²) in [4.78, 5) is 5.32. The maximum atomic E-state index is 13.3. The molecular weight excluding hydrogens is 251 g/mol. The van der Waals surface area contributed by atoms with E-state index >= 15 is 0 Å². The van der Waals surface area contributed by atoms with Crippen LogP contribution in [0.5, 0.6) is 5.75 Å². The molecule has 92 valence electrons. The molecule has 0 saturated carbocycles. The van der Waals surface area contributed by atoms with Gasteiger partial charge in [-0.2, -0.15) is 0 Å². The molecule has 0 fully saturated rings. The molecule has 0 aliphatic rings. The predicted octanol–water partition coefficient (Wildman–Crippen LogP) is 3.42. The normalized spacial score (nSPS) is 11.0. The Kier molecular flexibility index (Phi) is 2.76. The van der Waals surface area contributed by atoms with Crippen LogP contribution in [0.15, 0.2) is 36.0 Å². The van der Waals surface area contributed by atoms with Gasteiger partial charge >= 0.3 is 0 Å². The molecule has 0 saturated heterocycles. The van der Waals surface area contributed by atoms with E-state index in [0.717, 1.165) is 10.7 Å². The van der Waals surface area contributed by atoms with E-state index in [1.165, 1.54) is 6.07 Å². The molecule has 0 aliphatic carbocycles. The van der Waals surface area contributed by atoms with Gasteiger partial charge in [0.25, 0.3) is 0 Å². The molecule has 3 rings (SSSR count). The number of fused-ring (bicyclic) bond motifs is 1. The van der Waals surface area contributed by atoms with Gasteiger partial charge in [-0.25, -0.2) is 9.37 Å². The van der Waals surface area contributed by atoms with Gasteiger partial charge in [0.1, 0.15) is 18.2 Å². The molecule has 0 amide bonds. The average Bonchev–Trinajstić information content (AvgIpc) is 2.91. The van der Waals surface area contributed by atoms with E-state index in [9.17, 15) is 4.39 Å². The second-order valence-corrected chi connectivity index (χ2v) is 4.90. The molecule has 0 N–H and O–H groups in total. The highest BCUT2D eigenvalue weighted by atomic mass is 32.1. The second kappa shape index (κ2) is 4.42. The van der Waals surface area contributed by atoms with Crippen molar-refractivity contribution in [1.29, 1.82) is 0 Å². The quantitative estimate of drug-likeness (QED) is 0.723. The van der Waals surface area contributed by atoms with Crippen LogP contribution in [-0.2, 0) is 6.61 Å². The molecule has 2 heterocycles. The predicted molar refractivity (Wildman–Crippen MR) is 68.5 cm³/mol. The number of imidazole rings is 1. The number of aromatic nitrogens is 2. The van der Waals surface area contributed by atoms with Gasteiger partial charge in [-0.1, -0.05) is 6.07 Å². The lowest BCUT2D eigenvalue weighted by Crippen LogP contribution is -1.96. The van der Waals surface area contributed by atoms with Crippen LogP contribution >= 0.6 is 11.3 Å². The van der Waals surface area contributed by atoms with Gasteiger partial charge in [-0.3, -0.25) is 4.40 Å². The van der Waals surface area contributed by atoms with E-state index in [1.807, 2.05) is 22.2 Å². The van der Waals surface area contributed by atoms with Gasteiger partial charge in [0.2, 0.25) is 0 Å². The fourth-order valence-corrected chi connectivity index (χ4v) is 2.39. The lowest BCUT2D eigenvalue weighted by Gasteiger charge is -2.05.